The predicted molar refractivity (Wildman–Crippen MR) is 223 cm³/mol. The van der Waals surface area contributed by atoms with Crippen molar-refractivity contribution in [3.8, 4) is 11.5 Å². The Labute approximate surface area is 313 Å². The zero-order valence-corrected chi connectivity index (χ0v) is 34.6. The van der Waals surface area contributed by atoms with Crippen LogP contribution in [0.4, 0.5) is 4.39 Å². The molecular weight excluding hydrogens is 674 g/mol. The first-order valence-corrected chi connectivity index (χ1v) is 21.3. The quantitative estimate of drug-likeness (QED) is 0.0532. The molecule has 278 valence electrons. The molecule has 3 rings (SSSR count). The van der Waals surface area contributed by atoms with Gasteiger partial charge < -0.3 is 14.7 Å². The molecule has 5 nitrogen and oxygen atoms in total. The largest absolute Gasteiger partial charge is 0.456 e. The normalized spacial score (nSPS) is 13.4. The van der Waals surface area contributed by atoms with Gasteiger partial charge in [-0.25, -0.2) is 4.39 Å². The average Bonchev–Trinajstić information content (AvgIpc) is 3.08. The molecule has 0 fully saturated rings. The van der Waals surface area contributed by atoms with Crippen molar-refractivity contribution in [2.24, 2.45) is 5.14 Å². The number of benzene rings is 3. The number of aliphatic hydroxyl groups is 1. The maximum Gasteiger partial charge on any atom is 0.220 e. The third-order valence-electron chi connectivity index (χ3n) is 8.42. The number of rotatable bonds is 15. The van der Waals surface area contributed by atoms with Crippen molar-refractivity contribution >= 4 is 37.2 Å². The number of allylic oxidation sites excluding steroid dienone is 5. The second-order valence-electron chi connectivity index (χ2n) is 13.6. The van der Waals surface area contributed by atoms with E-state index in [2.05, 4.69) is 71.1 Å². The molecule has 0 radical (unpaired) electrons. The Balaban J connectivity index is 0.000000986. The summed E-state index contributed by atoms with van der Waals surface area (Å²) in [7, 11) is 1.85. The van der Waals surface area contributed by atoms with Crippen molar-refractivity contribution in [2.45, 2.75) is 99.6 Å². The van der Waals surface area contributed by atoms with Crippen LogP contribution in [0.25, 0.3) is 5.57 Å². The lowest BCUT2D eigenvalue weighted by Crippen LogP contribution is -2.14. The van der Waals surface area contributed by atoms with Crippen LogP contribution >= 0.6 is 19.9 Å². The number of halogens is 1. The van der Waals surface area contributed by atoms with Crippen molar-refractivity contribution in [3.63, 3.8) is 0 Å². The number of hydrogen-bond acceptors (Lipinski definition) is 6. The first-order valence-electron chi connectivity index (χ1n) is 17.8. The third kappa shape index (κ3) is 13.4. The molecule has 0 bridgehead atoms. The number of carbonyl (C=O) groups is 1. The lowest BCUT2D eigenvalue weighted by atomic mass is 9.77. The van der Waals surface area contributed by atoms with Gasteiger partial charge in [-0.15, -0.1) is 19.9 Å². The molecule has 3 aromatic rings. The van der Waals surface area contributed by atoms with Crippen molar-refractivity contribution < 1.29 is 19.0 Å². The molecule has 0 spiro atoms. The van der Waals surface area contributed by atoms with Gasteiger partial charge in [0.25, 0.3) is 0 Å². The van der Waals surface area contributed by atoms with Gasteiger partial charge in [0.05, 0.1) is 0 Å². The Morgan fingerprint density at radius 1 is 1.00 bits per heavy atom. The highest BCUT2D eigenvalue weighted by Gasteiger charge is 2.25. The van der Waals surface area contributed by atoms with Crippen LogP contribution in [0.2, 0.25) is 13.1 Å². The highest BCUT2D eigenvalue weighted by Crippen LogP contribution is 2.59. The average molecular weight is 735 g/mol. The summed E-state index contributed by atoms with van der Waals surface area (Å²) in [5.74, 6) is 1.35. The molecule has 9 heteroatoms. The molecule has 51 heavy (non-hydrogen) atoms. The van der Waals surface area contributed by atoms with Crippen molar-refractivity contribution in [2.75, 3.05) is 20.0 Å². The summed E-state index contributed by atoms with van der Waals surface area (Å²) in [6, 6.07) is 17.5. The van der Waals surface area contributed by atoms with Gasteiger partial charge in [-0.1, -0.05) is 81.3 Å². The van der Waals surface area contributed by atoms with Crippen molar-refractivity contribution in [3.05, 3.63) is 117 Å². The third-order valence-corrected chi connectivity index (χ3v) is 13.4. The molecule has 0 amide bonds. The summed E-state index contributed by atoms with van der Waals surface area (Å²) >= 11 is 0. The predicted octanol–water partition coefficient (Wildman–Crippen LogP) is 11.8. The molecular formula is C42H60BFN2O3S2. The summed E-state index contributed by atoms with van der Waals surface area (Å²) in [6.45, 7) is 20.0. The van der Waals surface area contributed by atoms with Crippen molar-refractivity contribution in [1.29, 1.82) is 0 Å². The molecule has 0 saturated carbocycles. The van der Waals surface area contributed by atoms with Crippen LogP contribution in [-0.4, -0.2) is 41.8 Å². The van der Waals surface area contributed by atoms with E-state index in [-0.39, 0.29) is 18.3 Å². The van der Waals surface area contributed by atoms with Gasteiger partial charge in [0.1, 0.15) is 24.0 Å². The molecule has 0 heterocycles. The number of carbonyl (C=O) groups excluding carboxylic acids is 1. The number of hydrogen-bond donors (Lipinski definition) is 2. The number of ether oxygens (including phenoxy) is 1. The number of aliphatic hydroxyl groups excluding tert-OH is 1. The molecule has 3 N–H and O–H groups in total. The Bertz CT molecular complexity index is 1670. The van der Waals surface area contributed by atoms with E-state index in [9.17, 15) is 14.3 Å². The fourth-order valence-corrected chi connectivity index (χ4v) is 10.1. The lowest BCUT2D eigenvalue weighted by Gasteiger charge is -2.33. The van der Waals surface area contributed by atoms with Crippen molar-refractivity contribution in [1.82, 2.24) is 4.90 Å². The van der Waals surface area contributed by atoms with Crippen LogP contribution in [0.3, 0.4) is 0 Å². The molecule has 0 aromatic heterocycles. The summed E-state index contributed by atoms with van der Waals surface area (Å²) in [6.07, 6.45) is 8.92. The molecule has 1 atom stereocenters. The van der Waals surface area contributed by atoms with E-state index in [1.165, 1.54) is 23.3 Å². The fraction of sp³-hybridized carbons (Fsp3) is 0.405. The van der Waals surface area contributed by atoms with E-state index >= 15 is 0 Å². The maximum atomic E-state index is 14.2. The SMILES string of the molecule is CCC/C(=C\C(=C(C)C)/C(=C\N(C)CO)c1cc(S(C)(N)SB(C)CC)ccc1Oc1c(C)cc(F)cc1C)C(=O)CC.Cc1ccc(C)cc1. The highest BCUT2D eigenvalue weighted by atomic mass is 33.2. The molecule has 0 saturated heterocycles. The Morgan fingerprint density at radius 2 is 1.57 bits per heavy atom. The minimum atomic E-state index is -1.73. The number of nitrogens with two attached hydrogens (primary N) is 1. The van der Waals surface area contributed by atoms with E-state index in [1.807, 2.05) is 59.0 Å². The highest BCUT2D eigenvalue weighted by molar-refractivity contribution is 9.00. The van der Waals surface area contributed by atoms with E-state index < -0.39 is 9.25 Å². The van der Waals surface area contributed by atoms with Gasteiger partial charge in [0.2, 0.25) is 5.99 Å². The Hall–Kier alpha value is -3.24. The van der Waals surface area contributed by atoms with Crippen LogP contribution in [-0.2, 0) is 4.79 Å². The molecule has 0 aliphatic rings. The van der Waals surface area contributed by atoms with E-state index in [1.54, 1.807) is 22.6 Å². The van der Waals surface area contributed by atoms with Crippen LogP contribution < -0.4 is 9.88 Å². The number of aryl methyl sites for hydroxylation is 4. The first-order chi connectivity index (χ1) is 24.0. The van der Waals surface area contributed by atoms with Gasteiger partial charge in [0.15, 0.2) is 5.78 Å². The topological polar surface area (TPSA) is 75.8 Å². The minimum Gasteiger partial charge on any atom is -0.456 e. The number of Topliss-reactive ketones (excluding diaryl/α,β-unsaturated/α-hetero) is 1. The number of ketones is 1. The Kier molecular flexibility index (Phi) is 17.8. The summed E-state index contributed by atoms with van der Waals surface area (Å²) in [5.41, 5.74) is 8.27. The van der Waals surface area contributed by atoms with Crippen LogP contribution in [0, 0.1) is 33.5 Å². The van der Waals surface area contributed by atoms with E-state index in [0.717, 1.165) is 45.5 Å². The smallest absolute Gasteiger partial charge is 0.220 e. The minimum absolute atomic E-state index is 0.113. The maximum absolute atomic E-state index is 14.2. The summed E-state index contributed by atoms with van der Waals surface area (Å²) in [5, 5.41) is 17.1. The van der Waals surface area contributed by atoms with Gasteiger partial charge in [-0.05, 0) is 113 Å². The summed E-state index contributed by atoms with van der Waals surface area (Å²) < 4.78 is 20.8. The zero-order valence-electron chi connectivity index (χ0n) is 32.9. The first kappa shape index (κ1) is 43.9. The molecule has 0 aliphatic heterocycles. The monoisotopic (exact) mass is 734 g/mol. The van der Waals surface area contributed by atoms with Gasteiger partial charge in [-0.2, -0.15) is 0 Å². The lowest BCUT2D eigenvalue weighted by molar-refractivity contribution is -0.115. The molecule has 3 aromatic carbocycles. The van der Waals surface area contributed by atoms with Crippen LogP contribution in [0.1, 0.15) is 81.7 Å². The fourth-order valence-electron chi connectivity index (χ4n) is 5.33. The molecule has 1 unspecified atom stereocenters. The van der Waals surface area contributed by atoms with Gasteiger partial charge in [0, 0.05) is 35.7 Å². The van der Waals surface area contributed by atoms with E-state index in [0.29, 0.717) is 41.5 Å². The Morgan fingerprint density at radius 3 is 2.04 bits per heavy atom. The summed E-state index contributed by atoms with van der Waals surface area (Å²) in [4.78, 5) is 15.7. The standard InChI is InChI=1S/C34H50BFN2O3S2.C8H10/c1-11-14-26(32(40)12-2)19-29(23(4)5)31(21-38(9)22-39)30-20-28(43(10,37)42-35(8)13-3)15-16-33(30)41-34-24(6)17-27(36)18-25(34)7;1-7-3-5-8(2)6-4-7/h15-21,39H,11-14,22,37H2,1-10H3;3-6H,1-2H3/b26-19+,31-21+;. The number of nitrogens with zero attached hydrogens (tertiary/aromatic N) is 1. The second-order valence-corrected chi connectivity index (χ2v) is 19.5. The second kappa shape index (κ2) is 20.7. The van der Waals surface area contributed by atoms with Crippen LogP contribution in [0.5, 0.6) is 11.5 Å². The van der Waals surface area contributed by atoms with Gasteiger partial charge in [-0.3, -0.25) is 9.93 Å². The van der Waals surface area contributed by atoms with Crippen LogP contribution in [0.15, 0.2) is 88.5 Å². The van der Waals surface area contributed by atoms with Gasteiger partial charge >= 0.3 is 0 Å². The van der Waals surface area contributed by atoms with E-state index in [4.69, 9.17) is 9.88 Å². The zero-order chi connectivity index (χ0) is 38.5. The molecule has 0 aliphatic carbocycles.